The van der Waals surface area contributed by atoms with Gasteiger partial charge in [0, 0.05) is 18.7 Å². The van der Waals surface area contributed by atoms with Crippen LogP contribution in [0.15, 0.2) is 0 Å². The zero-order valence-corrected chi connectivity index (χ0v) is 8.95. The Morgan fingerprint density at radius 3 is 2.79 bits per heavy atom. The van der Waals surface area contributed by atoms with Crippen LogP contribution in [0.2, 0.25) is 0 Å². The Labute approximate surface area is 86.6 Å². The summed E-state index contributed by atoms with van der Waals surface area (Å²) in [4.78, 5) is 2.59. The minimum atomic E-state index is 0.435. The first-order valence-electron chi connectivity index (χ1n) is 5.93. The van der Waals surface area contributed by atoms with Crippen LogP contribution in [-0.2, 0) is 4.74 Å². The Kier molecular flexibility index (Phi) is 3.79. The molecule has 3 heteroatoms. The third-order valence-corrected chi connectivity index (χ3v) is 3.46. The monoisotopic (exact) mass is 198 g/mol. The van der Waals surface area contributed by atoms with Gasteiger partial charge in [-0.3, -0.25) is 4.90 Å². The second-order valence-electron chi connectivity index (χ2n) is 4.60. The molecule has 0 radical (unpaired) electrons. The third-order valence-electron chi connectivity index (χ3n) is 3.46. The van der Waals surface area contributed by atoms with Gasteiger partial charge in [0.15, 0.2) is 0 Å². The van der Waals surface area contributed by atoms with Crippen LogP contribution in [0.1, 0.15) is 32.1 Å². The highest BCUT2D eigenvalue weighted by molar-refractivity contribution is 4.79. The van der Waals surface area contributed by atoms with Gasteiger partial charge in [0.2, 0.25) is 0 Å². The van der Waals surface area contributed by atoms with E-state index in [0.717, 1.165) is 19.6 Å². The number of nitrogens with two attached hydrogens (primary N) is 1. The highest BCUT2D eigenvalue weighted by Gasteiger charge is 2.23. The van der Waals surface area contributed by atoms with Crippen molar-refractivity contribution in [3.05, 3.63) is 0 Å². The molecule has 2 atom stereocenters. The summed E-state index contributed by atoms with van der Waals surface area (Å²) < 4.78 is 5.53. The molecule has 2 saturated heterocycles. The number of nitrogens with zero attached hydrogens (tertiary/aromatic N) is 1. The lowest BCUT2D eigenvalue weighted by atomic mass is 10.1. The van der Waals surface area contributed by atoms with Crippen molar-refractivity contribution in [1.29, 1.82) is 0 Å². The van der Waals surface area contributed by atoms with Crippen LogP contribution in [-0.4, -0.2) is 43.3 Å². The van der Waals surface area contributed by atoms with E-state index in [1.54, 1.807) is 0 Å². The summed E-state index contributed by atoms with van der Waals surface area (Å²) >= 11 is 0. The maximum absolute atomic E-state index is 5.97. The zero-order chi connectivity index (χ0) is 9.80. The van der Waals surface area contributed by atoms with E-state index in [4.69, 9.17) is 10.5 Å². The van der Waals surface area contributed by atoms with E-state index in [2.05, 4.69) is 4.90 Å². The van der Waals surface area contributed by atoms with E-state index in [1.807, 2.05) is 0 Å². The molecular formula is C11H22N2O. The van der Waals surface area contributed by atoms with Gasteiger partial charge in [-0.05, 0) is 45.2 Å². The summed E-state index contributed by atoms with van der Waals surface area (Å²) in [5.74, 6) is 0. The van der Waals surface area contributed by atoms with E-state index in [9.17, 15) is 0 Å². The Bertz CT molecular complexity index is 169. The molecule has 2 rings (SSSR count). The molecule has 82 valence electrons. The van der Waals surface area contributed by atoms with E-state index in [1.165, 1.54) is 38.8 Å². The fourth-order valence-corrected chi connectivity index (χ4v) is 2.52. The Morgan fingerprint density at radius 1 is 1.07 bits per heavy atom. The van der Waals surface area contributed by atoms with Crippen LogP contribution in [0.4, 0.5) is 0 Å². The molecule has 2 heterocycles. The fraction of sp³-hybridized carbons (Fsp3) is 1.00. The predicted octanol–water partition coefficient (Wildman–Crippen LogP) is 0.979. The molecule has 0 aromatic rings. The molecule has 2 aliphatic rings. The minimum Gasteiger partial charge on any atom is -0.380 e. The summed E-state index contributed by atoms with van der Waals surface area (Å²) in [7, 11) is 0. The van der Waals surface area contributed by atoms with Crippen molar-refractivity contribution in [2.24, 2.45) is 5.73 Å². The summed E-state index contributed by atoms with van der Waals surface area (Å²) in [5, 5.41) is 0. The SMILES string of the molecule is NC1CCCN(C2CCCOC2)CC1. The Balaban J connectivity index is 1.83. The van der Waals surface area contributed by atoms with E-state index in [0.29, 0.717) is 12.1 Å². The smallest absolute Gasteiger partial charge is 0.0621 e. The van der Waals surface area contributed by atoms with Crippen LogP contribution in [0.3, 0.4) is 0 Å². The van der Waals surface area contributed by atoms with Crippen molar-refractivity contribution in [3.63, 3.8) is 0 Å². The van der Waals surface area contributed by atoms with Gasteiger partial charge in [-0.15, -0.1) is 0 Å². The number of hydrogen-bond donors (Lipinski definition) is 1. The molecule has 14 heavy (non-hydrogen) atoms. The average molecular weight is 198 g/mol. The van der Waals surface area contributed by atoms with E-state index >= 15 is 0 Å². The van der Waals surface area contributed by atoms with Gasteiger partial charge in [-0.25, -0.2) is 0 Å². The Hall–Kier alpha value is -0.120. The lowest BCUT2D eigenvalue weighted by molar-refractivity contribution is 0.0190. The Morgan fingerprint density at radius 2 is 2.00 bits per heavy atom. The van der Waals surface area contributed by atoms with E-state index < -0.39 is 0 Å². The standard InChI is InChI=1S/C11H22N2O/c12-10-3-1-6-13(7-5-10)11-4-2-8-14-9-11/h10-11H,1-9,12H2. The molecule has 2 fully saturated rings. The van der Waals surface area contributed by atoms with Crippen LogP contribution < -0.4 is 5.73 Å². The molecule has 0 spiro atoms. The molecule has 0 amide bonds. The molecule has 2 unspecified atom stereocenters. The van der Waals surface area contributed by atoms with Crippen LogP contribution >= 0.6 is 0 Å². The third kappa shape index (κ3) is 2.69. The molecule has 0 aliphatic carbocycles. The second-order valence-corrected chi connectivity index (χ2v) is 4.60. The summed E-state index contributed by atoms with van der Waals surface area (Å²) in [6.45, 7) is 4.30. The molecule has 0 aromatic carbocycles. The van der Waals surface area contributed by atoms with Gasteiger partial charge in [0.25, 0.3) is 0 Å². The number of ether oxygens (including phenoxy) is 1. The van der Waals surface area contributed by atoms with E-state index in [-0.39, 0.29) is 0 Å². The normalized spacial score (nSPS) is 36.6. The first-order valence-corrected chi connectivity index (χ1v) is 5.93. The van der Waals surface area contributed by atoms with Gasteiger partial charge >= 0.3 is 0 Å². The lowest BCUT2D eigenvalue weighted by Crippen LogP contribution is -2.41. The second kappa shape index (κ2) is 5.10. The maximum atomic E-state index is 5.97. The largest absolute Gasteiger partial charge is 0.380 e. The predicted molar refractivity (Wildman–Crippen MR) is 57.2 cm³/mol. The van der Waals surface area contributed by atoms with Crippen LogP contribution in [0.5, 0.6) is 0 Å². The number of likely N-dealkylation sites (tertiary alicyclic amines) is 1. The van der Waals surface area contributed by atoms with Gasteiger partial charge in [-0.1, -0.05) is 0 Å². The van der Waals surface area contributed by atoms with Gasteiger partial charge in [0.05, 0.1) is 6.61 Å². The van der Waals surface area contributed by atoms with Crippen LogP contribution in [0, 0.1) is 0 Å². The van der Waals surface area contributed by atoms with Crippen molar-refractivity contribution in [1.82, 2.24) is 4.90 Å². The fourth-order valence-electron chi connectivity index (χ4n) is 2.52. The molecular weight excluding hydrogens is 176 g/mol. The highest BCUT2D eigenvalue weighted by atomic mass is 16.5. The molecule has 3 nitrogen and oxygen atoms in total. The topological polar surface area (TPSA) is 38.5 Å². The van der Waals surface area contributed by atoms with Crippen LogP contribution in [0.25, 0.3) is 0 Å². The van der Waals surface area contributed by atoms with Crippen molar-refractivity contribution < 1.29 is 4.74 Å². The first kappa shape index (κ1) is 10.4. The molecule has 0 bridgehead atoms. The minimum absolute atomic E-state index is 0.435. The molecule has 2 aliphatic heterocycles. The zero-order valence-electron chi connectivity index (χ0n) is 8.95. The molecule has 2 N–H and O–H groups in total. The quantitative estimate of drug-likeness (QED) is 0.682. The van der Waals surface area contributed by atoms with Crippen molar-refractivity contribution in [3.8, 4) is 0 Å². The summed E-state index contributed by atoms with van der Waals surface area (Å²) in [5.41, 5.74) is 5.97. The molecule has 0 saturated carbocycles. The maximum Gasteiger partial charge on any atom is 0.0621 e. The van der Waals surface area contributed by atoms with Gasteiger partial charge in [0.1, 0.15) is 0 Å². The van der Waals surface area contributed by atoms with Gasteiger partial charge < -0.3 is 10.5 Å². The average Bonchev–Trinajstić information content (AvgIpc) is 2.44. The number of rotatable bonds is 1. The van der Waals surface area contributed by atoms with Crippen molar-refractivity contribution >= 4 is 0 Å². The van der Waals surface area contributed by atoms with Crippen molar-refractivity contribution in [2.75, 3.05) is 26.3 Å². The van der Waals surface area contributed by atoms with Crippen molar-refractivity contribution in [2.45, 2.75) is 44.2 Å². The summed E-state index contributed by atoms with van der Waals surface area (Å²) in [6.07, 6.45) is 6.17. The lowest BCUT2D eigenvalue weighted by Gasteiger charge is -2.33. The first-order chi connectivity index (χ1) is 6.86. The van der Waals surface area contributed by atoms with Gasteiger partial charge in [-0.2, -0.15) is 0 Å². The molecule has 0 aromatic heterocycles. The summed E-state index contributed by atoms with van der Waals surface area (Å²) in [6, 6.07) is 1.11. The highest BCUT2D eigenvalue weighted by Crippen LogP contribution is 2.17. The number of hydrogen-bond acceptors (Lipinski definition) is 3.